The summed E-state index contributed by atoms with van der Waals surface area (Å²) in [6, 6.07) is 2.47. The molecule has 15 heavy (non-hydrogen) atoms. The summed E-state index contributed by atoms with van der Waals surface area (Å²) in [6.07, 6.45) is 2.78. The van der Waals surface area contributed by atoms with Crippen molar-refractivity contribution in [2.75, 3.05) is 18.6 Å². The number of nitrogens with one attached hydrogen (secondary N) is 1. The summed E-state index contributed by atoms with van der Waals surface area (Å²) < 4.78 is 23.3. The van der Waals surface area contributed by atoms with Crippen molar-refractivity contribution in [3.05, 3.63) is 29.8 Å². The molecule has 4 nitrogen and oxygen atoms in total. The van der Waals surface area contributed by atoms with Crippen molar-refractivity contribution in [1.29, 1.82) is 0 Å². The molecular formula is C9H11FN2O2S. The van der Waals surface area contributed by atoms with E-state index >= 15 is 0 Å². The second kappa shape index (κ2) is 5.55. The van der Waals surface area contributed by atoms with Gasteiger partial charge in [-0.05, 0) is 6.07 Å². The van der Waals surface area contributed by atoms with Gasteiger partial charge < -0.3 is 5.32 Å². The number of hydrogen-bond donors (Lipinski definition) is 1. The fraction of sp³-hybridized carbons (Fsp3) is 0.333. The van der Waals surface area contributed by atoms with Crippen LogP contribution in [0.2, 0.25) is 0 Å². The monoisotopic (exact) mass is 230 g/mol. The van der Waals surface area contributed by atoms with Gasteiger partial charge in [-0.15, -0.1) is 0 Å². The normalized spacial score (nSPS) is 12.1. The van der Waals surface area contributed by atoms with Crippen molar-refractivity contribution in [2.24, 2.45) is 0 Å². The second-order valence-corrected chi connectivity index (χ2v) is 4.46. The van der Waals surface area contributed by atoms with Crippen LogP contribution >= 0.6 is 0 Å². The SMILES string of the molecule is CS(=O)CCNC(=O)c1ccnc(F)c1. The highest BCUT2D eigenvalue weighted by atomic mass is 32.2. The van der Waals surface area contributed by atoms with Crippen LogP contribution in [0.25, 0.3) is 0 Å². The van der Waals surface area contributed by atoms with Crippen molar-refractivity contribution < 1.29 is 13.4 Å². The topological polar surface area (TPSA) is 59.1 Å². The number of rotatable bonds is 4. The molecule has 0 aromatic carbocycles. The Labute approximate surface area is 89.4 Å². The first-order valence-corrected chi connectivity index (χ1v) is 6.02. The van der Waals surface area contributed by atoms with E-state index in [4.69, 9.17) is 0 Å². The Kier molecular flexibility index (Phi) is 4.36. The van der Waals surface area contributed by atoms with E-state index in [2.05, 4.69) is 10.3 Å². The molecule has 82 valence electrons. The molecular weight excluding hydrogens is 219 g/mol. The smallest absolute Gasteiger partial charge is 0.251 e. The molecule has 1 unspecified atom stereocenters. The minimum atomic E-state index is -0.944. The Balaban J connectivity index is 2.50. The molecule has 0 saturated carbocycles. The molecule has 0 aliphatic rings. The quantitative estimate of drug-likeness (QED) is 0.758. The molecule has 1 aromatic heterocycles. The molecule has 0 aliphatic carbocycles. The van der Waals surface area contributed by atoms with Crippen LogP contribution in [0.5, 0.6) is 0 Å². The van der Waals surface area contributed by atoms with E-state index in [0.29, 0.717) is 12.3 Å². The van der Waals surface area contributed by atoms with Crippen LogP contribution in [0.1, 0.15) is 10.4 Å². The van der Waals surface area contributed by atoms with Gasteiger partial charge in [0.25, 0.3) is 5.91 Å². The molecule has 0 fully saturated rings. The van der Waals surface area contributed by atoms with Crippen molar-refractivity contribution in [3.8, 4) is 0 Å². The van der Waals surface area contributed by atoms with E-state index < -0.39 is 16.7 Å². The Morgan fingerprint density at radius 2 is 2.40 bits per heavy atom. The molecule has 1 atom stereocenters. The fourth-order valence-corrected chi connectivity index (χ4v) is 1.34. The molecule has 1 aromatic rings. The second-order valence-electron chi connectivity index (χ2n) is 2.90. The molecule has 6 heteroatoms. The highest BCUT2D eigenvalue weighted by Crippen LogP contribution is 1.99. The average Bonchev–Trinajstić information content (AvgIpc) is 2.17. The number of halogens is 1. The molecule has 1 rings (SSSR count). The minimum Gasteiger partial charge on any atom is -0.351 e. The van der Waals surface area contributed by atoms with E-state index in [0.717, 1.165) is 6.07 Å². The van der Waals surface area contributed by atoms with Crippen molar-refractivity contribution in [3.63, 3.8) is 0 Å². The van der Waals surface area contributed by atoms with Crippen LogP contribution in [0, 0.1) is 5.95 Å². The van der Waals surface area contributed by atoms with Crippen LogP contribution < -0.4 is 5.32 Å². The molecule has 0 spiro atoms. The van der Waals surface area contributed by atoms with Crippen LogP contribution in [0.3, 0.4) is 0 Å². The largest absolute Gasteiger partial charge is 0.351 e. The summed E-state index contributed by atoms with van der Waals surface area (Å²) in [4.78, 5) is 14.7. The first-order chi connectivity index (χ1) is 7.09. The van der Waals surface area contributed by atoms with E-state index in [1.807, 2.05) is 0 Å². The summed E-state index contributed by atoms with van der Waals surface area (Å²) >= 11 is 0. The lowest BCUT2D eigenvalue weighted by Crippen LogP contribution is -2.27. The van der Waals surface area contributed by atoms with E-state index in [1.165, 1.54) is 12.3 Å². The average molecular weight is 230 g/mol. The maximum atomic E-state index is 12.6. The Morgan fingerprint density at radius 3 is 3.00 bits per heavy atom. The number of nitrogens with zero attached hydrogens (tertiary/aromatic N) is 1. The third-order valence-electron chi connectivity index (χ3n) is 1.66. The first kappa shape index (κ1) is 11.8. The fourth-order valence-electron chi connectivity index (χ4n) is 0.954. The number of carbonyl (C=O) groups is 1. The highest BCUT2D eigenvalue weighted by Gasteiger charge is 2.05. The molecule has 1 amide bonds. The van der Waals surface area contributed by atoms with Gasteiger partial charge in [0.05, 0.1) is 0 Å². The summed E-state index contributed by atoms with van der Waals surface area (Å²) in [5.41, 5.74) is 0.212. The van der Waals surface area contributed by atoms with E-state index in [-0.39, 0.29) is 11.5 Å². The summed E-state index contributed by atoms with van der Waals surface area (Å²) in [5.74, 6) is -0.692. The predicted molar refractivity (Wildman–Crippen MR) is 55.5 cm³/mol. The van der Waals surface area contributed by atoms with E-state index in [1.54, 1.807) is 6.26 Å². The lowest BCUT2D eigenvalue weighted by Gasteiger charge is -2.03. The van der Waals surface area contributed by atoms with Crippen LogP contribution in [0.4, 0.5) is 4.39 Å². The van der Waals surface area contributed by atoms with Crippen LogP contribution in [-0.4, -0.2) is 33.7 Å². The van der Waals surface area contributed by atoms with Gasteiger partial charge >= 0.3 is 0 Å². The van der Waals surface area contributed by atoms with Crippen LogP contribution in [0.15, 0.2) is 18.3 Å². The first-order valence-electron chi connectivity index (χ1n) is 4.29. The number of hydrogen-bond acceptors (Lipinski definition) is 3. The summed E-state index contributed by atoms with van der Waals surface area (Å²) in [6.45, 7) is 0.311. The lowest BCUT2D eigenvalue weighted by molar-refractivity contribution is 0.0955. The van der Waals surface area contributed by atoms with Crippen molar-refractivity contribution in [2.45, 2.75) is 0 Å². The predicted octanol–water partition coefficient (Wildman–Crippen LogP) is 0.329. The zero-order valence-corrected chi connectivity index (χ0v) is 9.01. The zero-order chi connectivity index (χ0) is 11.3. The van der Waals surface area contributed by atoms with Gasteiger partial charge in [-0.3, -0.25) is 9.00 Å². The zero-order valence-electron chi connectivity index (χ0n) is 8.20. The third-order valence-corrected chi connectivity index (χ3v) is 2.44. The van der Waals surface area contributed by atoms with E-state index in [9.17, 15) is 13.4 Å². The maximum Gasteiger partial charge on any atom is 0.251 e. The lowest BCUT2D eigenvalue weighted by atomic mass is 10.2. The Hall–Kier alpha value is -1.30. The number of aromatic nitrogens is 1. The van der Waals surface area contributed by atoms with Gasteiger partial charge in [0.2, 0.25) is 5.95 Å². The van der Waals surface area contributed by atoms with Gasteiger partial charge in [0.1, 0.15) is 0 Å². The highest BCUT2D eigenvalue weighted by molar-refractivity contribution is 7.84. The van der Waals surface area contributed by atoms with Gasteiger partial charge in [-0.25, -0.2) is 4.98 Å². The van der Waals surface area contributed by atoms with Crippen molar-refractivity contribution >= 4 is 16.7 Å². The third kappa shape index (κ3) is 4.16. The van der Waals surface area contributed by atoms with Crippen molar-refractivity contribution in [1.82, 2.24) is 10.3 Å². The van der Waals surface area contributed by atoms with Crippen LogP contribution in [-0.2, 0) is 10.8 Å². The van der Waals surface area contributed by atoms with Gasteiger partial charge in [-0.2, -0.15) is 4.39 Å². The van der Waals surface area contributed by atoms with Gasteiger partial charge in [0, 0.05) is 47.2 Å². The van der Waals surface area contributed by atoms with Gasteiger partial charge in [-0.1, -0.05) is 0 Å². The molecule has 0 radical (unpaired) electrons. The maximum absolute atomic E-state index is 12.6. The summed E-state index contributed by atoms with van der Waals surface area (Å²) in [7, 11) is -0.944. The molecule has 1 heterocycles. The Morgan fingerprint density at radius 1 is 1.67 bits per heavy atom. The standard InChI is InChI=1S/C9H11FN2O2S/c1-15(14)5-4-12-9(13)7-2-3-11-8(10)6-7/h2-3,6H,4-5H2,1H3,(H,12,13). The number of pyridine rings is 1. The molecule has 1 N–H and O–H groups in total. The molecule has 0 bridgehead atoms. The Bertz CT molecular complexity index is 384. The minimum absolute atomic E-state index is 0.212. The number of amides is 1. The molecule has 0 aliphatic heterocycles. The number of carbonyl (C=O) groups excluding carboxylic acids is 1. The summed E-state index contributed by atoms with van der Waals surface area (Å²) in [5, 5.41) is 2.53. The molecule has 0 saturated heterocycles. The van der Waals surface area contributed by atoms with Gasteiger partial charge in [0.15, 0.2) is 0 Å².